The zero-order chi connectivity index (χ0) is 18.9. The van der Waals surface area contributed by atoms with E-state index in [2.05, 4.69) is 10.3 Å². The monoisotopic (exact) mass is 360 g/mol. The van der Waals surface area contributed by atoms with Crippen LogP contribution in [0.2, 0.25) is 0 Å². The van der Waals surface area contributed by atoms with E-state index in [4.69, 9.17) is 9.47 Å². The summed E-state index contributed by atoms with van der Waals surface area (Å²) in [6, 6.07) is 20.4. The Balaban J connectivity index is 1.51. The Morgan fingerprint density at radius 3 is 2.41 bits per heavy atom. The van der Waals surface area contributed by atoms with Gasteiger partial charge in [0.15, 0.2) is 0 Å². The number of hydrogen-bond donors (Lipinski definition) is 1. The number of nitrogens with zero attached hydrogens (tertiary/aromatic N) is 1. The average Bonchev–Trinajstić information content (AvgIpc) is 2.73. The van der Waals surface area contributed by atoms with Crippen LogP contribution in [0.25, 0.3) is 6.08 Å². The molecule has 0 aliphatic rings. The van der Waals surface area contributed by atoms with Gasteiger partial charge in [0.25, 0.3) is 0 Å². The number of benzene rings is 2. The third-order valence-electron chi connectivity index (χ3n) is 3.78. The van der Waals surface area contributed by atoms with E-state index in [1.807, 2.05) is 42.5 Å². The second-order valence-corrected chi connectivity index (χ2v) is 5.73. The highest BCUT2D eigenvalue weighted by Crippen LogP contribution is 2.16. The molecule has 0 unspecified atom stereocenters. The molecule has 3 rings (SSSR count). The summed E-state index contributed by atoms with van der Waals surface area (Å²) in [5, 5.41) is 2.80. The molecule has 1 heterocycles. The van der Waals surface area contributed by atoms with Crippen molar-refractivity contribution in [3.63, 3.8) is 0 Å². The number of ether oxygens (including phenoxy) is 2. The number of carbonyl (C=O) groups excluding carboxylic acids is 1. The maximum absolute atomic E-state index is 12.0. The Hall–Kier alpha value is -3.60. The lowest BCUT2D eigenvalue weighted by molar-refractivity contribution is -0.111. The van der Waals surface area contributed by atoms with E-state index in [1.54, 1.807) is 43.6 Å². The summed E-state index contributed by atoms with van der Waals surface area (Å²) in [4.78, 5) is 16.2. The van der Waals surface area contributed by atoms with Crippen molar-refractivity contribution in [3.8, 4) is 11.5 Å². The van der Waals surface area contributed by atoms with E-state index in [1.165, 1.54) is 6.08 Å². The van der Waals surface area contributed by atoms with Crippen LogP contribution in [-0.4, -0.2) is 18.0 Å². The van der Waals surface area contributed by atoms with Gasteiger partial charge < -0.3 is 14.8 Å². The molecule has 0 saturated carbocycles. The van der Waals surface area contributed by atoms with E-state index < -0.39 is 0 Å². The third-order valence-corrected chi connectivity index (χ3v) is 3.78. The van der Waals surface area contributed by atoms with E-state index in [-0.39, 0.29) is 5.91 Å². The number of amides is 1. The van der Waals surface area contributed by atoms with Crippen LogP contribution >= 0.6 is 0 Å². The van der Waals surface area contributed by atoms with E-state index in [0.29, 0.717) is 12.3 Å². The number of aromatic nitrogens is 1. The fourth-order valence-corrected chi connectivity index (χ4v) is 2.35. The number of pyridine rings is 1. The van der Waals surface area contributed by atoms with Crippen LogP contribution in [0.4, 0.5) is 5.69 Å². The third kappa shape index (κ3) is 5.71. The molecule has 0 atom stereocenters. The molecule has 0 aliphatic heterocycles. The topological polar surface area (TPSA) is 60.5 Å². The lowest BCUT2D eigenvalue weighted by Crippen LogP contribution is -2.07. The Kier molecular flexibility index (Phi) is 6.20. The van der Waals surface area contributed by atoms with Gasteiger partial charge in [-0.25, -0.2) is 0 Å². The van der Waals surface area contributed by atoms with Crippen molar-refractivity contribution in [2.45, 2.75) is 6.61 Å². The van der Waals surface area contributed by atoms with Crippen molar-refractivity contribution < 1.29 is 14.3 Å². The van der Waals surface area contributed by atoms with E-state index in [9.17, 15) is 4.79 Å². The summed E-state index contributed by atoms with van der Waals surface area (Å²) in [5.74, 6) is 1.30. The summed E-state index contributed by atoms with van der Waals surface area (Å²) in [5.41, 5.74) is 2.49. The van der Waals surface area contributed by atoms with Gasteiger partial charge in [-0.15, -0.1) is 0 Å². The summed E-state index contributed by atoms with van der Waals surface area (Å²) >= 11 is 0. The summed E-state index contributed by atoms with van der Waals surface area (Å²) < 4.78 is 10.8. The van der Waals surface area contributed by atoms with Crippen LogP contribution in [0.3, 0.4) is 0 Å². The second kappa shape index (κ2) is 9.20. The molecule has 136 valence electrons. The van der Waals surface area contributed by atoms with Crippen LogP contribution in [0.15, 0.2) is 79.0 Å². The van der Waals surface area contributed by atoms with Crippen molar-refractivity contribution in [1.29, 1.82) is 0 Å². The number of nitrogens with one attached hydrogen (secondary N) is 1. The average molecular weight is 360 g/mol. The molecule has 2 aromatic carbocycles. The SMILES string of the molecule is COc1ccc(NC(=O)/C=C/c2ccc(OCc3ccccn3)cc2)cc1. The van der Waals surface area contributed by atoms with Gasteiger partial charge in [-0.1, -0.05) is 18.2 Å². The van der Waals surface area contributed by atoms with Crippen LogP contribution < -0.4 is 14.8 Å². The summed E-state index contributed by atoms with van der Waals surface area (Å²) in [7, 11) is 1.60. The minimum Gasteiger partial charge on any atom is -0.497 e. The fraction of sp³-hybridized carbons (Fsp3) is 0.0909. The molecule has 0 aliphatic carbocycles. The molecule has 0 fully saturated rings. The number of hydrogen-bond acceptors (Lipinski definition) is 4. The molecule has 3 aromatic rings. The number of anilines is 1. The molecule has 27 heavy (non-hydrogen) atoms. The Bertz CT molecular complexity index is 889. The molecule has 0 saturated heterocycles. The second-order valence-electron chi connectivity index (χ2n) is 5.73. The zero-order valence-corrected chi connectivity index (χ0v) is 15.0. The number of methoxy groups -OCH3 is 1. The predicted octanol–water partition coefficient (Wildman–Crippen LogP) is 4.32. The highest BCUT2D eigenvalue weighted by molar-refractivity contribution is 6.01. The van der Waals surface area contributed by atoms with Gasteiger partial charge in [0.05, 0.1) is 12.8 Å². The summed E-state index contributed by atoms with van der Waals surface area (Å²) in [6.45, 7) is 0.417. The number of rotatable bonds is 7. The van der Waals surface area contributed by atoms with Gasteiger partial charge >= 0.3 is 0 Å². The van der Waals surface area contributed by atoms with Crippen LogP contribution in [0.1, 0.15) is 11.3 Å². The smallest absolute Gasteiger partial charge is 0.248 e. The first-order valence-electron chi connectivity index (χ1n) is 8.49. The van der Waals surface area contributed by atoms with Crippen molar-refractivity contribution in [2.24, 2.45) is 0 Å². The normalized spacial score (nSPS) is 10.6. The molecule has 5 nitrogen and oxygen atoms in total. The van der Waals surface area contributed by atoms with Gasteiger partial charge in [-0.05, 0) is 60.2 Å². The van der Waals surface area contributed by atoms with Crippen molar-refractivity contribution in [2.75, 3.05) is 12.4 Å². The Morgan fingerprint density at radius 2 is 1.74 bits per heavy atom. The van der Waals surface area contributed by atoms with Crippen molar-refractivity contribution >= 4 is 17.7 Å². The molecule has 0 spiro atoms. The highest BCUT2D eigenvalue weighted by atomic mass is 16.5. The van der Waals surface area contributed by atoms with Crippen LogP contribution in [-0.2, 0) is 11.4 Å². The highest BCUT2D eigenvalue weighted by Gasteiger charge is 2.00. The predicted molar refractivity (Wildman–Crippen MR) is 106 cm³/mol. The molecule has 1 aromatic heterocycles. The quantitative estimate of drug-likeness (QED) is 0.638. The zero-order valence-electron chi connectivity index (χ0n) is 15.0. The minimum absolute atomic E-state index is 0.198. The molecule has 5 heteroatoms. The maximum Gasteiger partial charge on any atom is 0.248 e. The molecule has 0 bridgehead atoms. The Morgan fingerprint density at radius 1 is 1.00 bits per heavy atom. The first kappa shape index (κ1) is 18.2. The van der Waals surface area contributed by atoms with E-state index in [0.717, 1.165) is 22.8 Å². The summed E-state index contributed by atoms with van der Waals surface area (Å²) in [6.07, 6.45) is 4.99. The van der Waals surface area contributed by atoms with Gasteiger partial charge in [0.2, 0.25) is 5.91 Å². The molecule has 1 amide bonds. The van der Waals surface area contributed by atoms with Gasteiger partial charge in [-0.2, -0.15) is 0 Å². The minimum atomic E-state index is -0.198. The van der Waals surface area contributed by atoms with Crippen LogP contribution in [0, 0.1) is 0 Å². The van der Waals surface area contributed by atoms with Crippen molar-refractivity contribution in [1.82, 2.24) is 4.98 Å². The lowest BCUT2D eigenvalue weighted by atomic mass is 10.2. The molecule has 0 radical (unpaired) electrons. The van der Waals surface area contributed by atoms with Crippen molar-refractivity contribution in [3.05, 3.63) is 90.3 Å². The first-order chi connectivity index (χ1) is 13.2. The van der Waals surface area contributed by atoms with Gasteiger partial charge in [0.1, 0.15) is 18.1 Å². The van der Waals surface area contributed by atoms with Crippen LogP contribution in [0.5, 0.6) is 11.5 Å². The maximum atomic E-state index is 12.0. The largest absolute Gasteiger partial charge is 0.497 e. The molecular formula is C22H20N2O3. The van der Waals surface area contributed by atoms with Gasteiger partial charge in [-0.3, -0.25) is 9.78 Å². The standard InChI is InChI=1S/C22H20N2O3/c1-26-20-12-8-18(9-13-20)24-22(25)14-7-17-5-10-21(11-6-17)27-16-19-4-2-3-15-23-19/h2-15H,16H2,1H3,(H,24,25)/b14-7+. The molecular weight excluding hydrogens is 340 g/mol. The lowest BCUT2D eigenvalue weighted by Gasteiger charge is -2.06. The Labute approximate surface area is 158 Å². The van der Waals surface area contributed by atoms with Gasteiger partial charge in [0, 0.05) is 18.0 Å². The first-order valence-corrected chi connectivity index (χ1v) is 8.49. The van der Waals surface area contributed by atoms with E-state index >= 15 is 0 Å². The number of carbonyl (C=O) groups is 1. The fourth-order valence-electron chi connectivity index (χ4n) is 2.35. The molecule has 1 N–H and O–H groups in total.